The van der Waals surface area contributed by atoms with E-state index < -0.39 is 0 Å². The Morgan fingerprint density at radius 2 is 1.88 bits per heavy atom. The van der Waals surface area contributed by atoms with Crippen molar-refractivity contribution in [1.29, 1.82) is 0 Å². The smallest absolute Gasteiger partial charge is 0.306 e. The van der Waals surface area contributed by atoms with E-state index in [4.69, 9.17) is 0 Å². The number of hydrogen-bond acceptors (Lipinski definition) is 1. The van der Waals surface area contributed by atoms with Crippen molar-refractivity contribution in [2.45, 2.75) is 38.6 Å². The van der Waals surface area contributed by atoms with Gasteiger partial charge < -0.3 is 4.98 Å². The number of hydrogen-bond donors (Lipinski definition) is 1. The molecule has 1 aromatic heterocycles. The highest BCUT2D eigenvalue weighted by Gasteiger charge is 2.22. The van der Waals surface area contributed by atoms with Gasteiger partial charge in [-0.05, 0) is 43.7 Å². The van der Waals surface area contributed by atoms with E-state index in [1.807, 2.05) is 28.8 Å². The zero-order chi connectivity index (χ0) is 11.8. The van der Waals surface area contributed by atoms with Crippen LogP contribution in [-0.4, -0.2) is 9.55 Å². The minimum atomic E-state index is 0.0470. The Hall–Kier alpha value is -1.51. The largest absolute Gasteiger partial charge is 0.326 e. The number of nitrogens with zero attached hydrogens (tertiary/aromatic N) is 1. The third kappa shape index (κ3) is 1.79. The van der Waals surface area contributed by atoms with E-state index >= 15 is 0 Å². The topological polar surface area (TPSA) is 37.8 Å². The van der Waals surface area contributed by atoms with Crippen molar-refractivity contribution in [2.75, 3.05) is 0 Å². The molecule has 0 radical (unpaired) electrons. The van der Waals surface area contributed by atoms with Gasteiger partial charge in [0.25, 0.3) is 0 Å². The second-order valence-corrected chi connectivity index (χ2v) is 5.23. The number of nitrogens with one attached hydrogen (secondary N) is 1. The number of fused-ring (bicyclic) bond motifs is 1. The van der Waals surface area contributed by atoms with E-state index in [2.05, 4.69) is 11.9 Å². The molecule has 1 heterocycles. The molecule has 90 valence electrons. The maximum atomic E-state index is 12.0. The number of H-pyrrole nitrogens is 1. The maximum Gasteiger partial charge on any atom is 0.326 e. The summed E-state index contributed by atoms with van der Waals surface area (Å²) in [5.41, 5.74) is 2.05. The van der Waals surface area contributed by atoms with Crippen molar-refractivity contribution >= 4 is 11.0 Å². The van der Waals surface area contributed by atoms with Crippen LogP contribution in [0, 0.1) is 5.92 Å². The molecule has 3 heteroatoms. The van der Waals surface area contributed by atoms with E-state index in [-0.39, 0.29) is 5.69 Å². The minimum Gasteiger partial charge on any atom is -0.306 e. The Balaban J connectivity index is 2.05. The summed E-state index contributed by atoms with van der Waals surface area (Å²) >= 11 is 0. The van der Waals surface area contributed by atoms with Crippen LogP contribution in [0.2, 0.25) is 0 Å². The fourth-order valence-electron chi connectivity index (χ4n) is 2.94. The van der Waals surface area contributed by atoms with Gasteiger partial charge in [-0.1, -0.05) is 19.1 Å². The van der Waals surface area contributed by atoms with Crippen molar-refractivity contribution in [3.8, 4) is 0 Å². The summed E-state index contributed by atoms with van der Waals surface area (Å²) in [5, 5.41) is 0. The molecular formula is C14H18N2O. The average Bonchev–Trinajstić information content (AvgIpc) is 2.66. The van der Waals surface area contributed by atoms with Gasteiger partial charge >= 0.3 is 5.69 Å². The lowest BCUT2D eigenvalue weighted by molar-refractivity contribution is 0.290. The van der Waals surface area contributed by atoms with Crippen LogP contribution in [0.5, 0.6) is 0 Å². The zero-order valence-corrected chi connectivity index (χ0v) is 10.1. The molecular weight excluding hydrogens is 212 g/mol. The first-order chi connectivity index (χ1) is 8.25. The fraction of sp³-hybridized carbons (Fsp3) is 0.500. The molecule has 0 amide bonds. The molecule has 2 aromatic rings. The van der Waals surface area contributed by atoms with Gasteiger partial charge in [-0.25, -0.2) is 4.79 Å². The van der Waals surface area contributed by atoms with E-state index in [0.717, 1.165) is 29.8 Å². The quantitative estimate of drug-likeness (QED) is 0.803. The lowest BCUT2D eigenvalue weighted by atomic mass is 9.87. The molecule has 0 bridgehead atoms. The molecule has 1 aliphatic rings. The molecule has 1 saturated carbocycles. The summed E-state index contributed by atoms with van der Waals surface area (Å²) in [6.45, 7) is 2.30. The van der Waals surface area contributed by atoms with Crippen molar-refractivity contribution in [3.63, 3.8) is 0 Å². The highest BCUT2D eigenvalue weighted by Crippen LogP contribution is 2.32. The predicted molar refractivity (Wildman–Crippen MR) is 69.2 cm³/mol. The molecule has 1 fully saturated rings. The molecule has 17 heavy (non-hydrogen) atoms. The standard InChI is InChI=1S/C14H18N2O/c1-10-6-8-11(9-7-10)16-13-5-3-2-4-12(13)15-14(16)17/h2-5,10-11H,6-9H2,1H3,(H,15,17). The Morgan fingerprint density at radius 3 is 2.65 bits per heavy atom. The molecule has 0 saturated heterocycles. The summed E-state index contributed by atoms with van der Waals surface area (Å²) in [6, 6.07) is 8.35. The van der Waals surface area contributed by atoms with Crippen LogP contribution in [0.4, 0.5) is 0 Å². The molecule has 1 aliphatic carbocycles. The van der Waals surface area contributed by atoms with Crippen molar-refractivity contribution < 1.29 is 0 Å². The summed E-state index contributed by atoms with van der Waals surface area (Å²) in [5.74, 6) is 0.812. The van der Waals surface area contributed by atoms with Gasteiger partial charge in [0, 0.05) is 6.04 Å². The fourth-order valence-corrected chi connectivity index (χ4v) is 2.94. The highest BCUT2D eigenvalue weighted by molar-refractivity contribution is 5.75. The monoisotopic (exact) mass is 230 g/mol. The molecule has 0 aliphatic heterocycles. The van der Waals surface area contributed by atoms with Gasteiger partial charge in [0.05, 0.1) is 11.0 Å². The second kappa shape index (κ2) is 4.06. The van der Waals surface area contributed by atoms with Gasteiger partial charge in [0.2, 0.25) is 0 Å². The maximum absolute atomic E-state index is 12.0. The van der Waals surface area contributed by atoms with Crippen LogP contribution in [0.3, 0.4) is 0 Å². The number of aromatic nitrogens is 2. The number of para-hydroxylation sites is 2. The highest BCUT2D eigenvalue weighted by atomic mass is 16.1. The number of rotatable bonds is 1. The van der Waals surface area contributed by atoms with Gasteiger partial charge in [0.1, 0.15) is 0 Å². The second-order valence-electron chi connectivity index (χ2n) is 5.23. The molecule has 1 aromatic carbocycles. The lowest BCUT2D eigenvalue weighted by Crippen LogP contribution is -2.25. The van der Waals surface area contributed by atoms with Gasteiger partial charge in [-0.3, -0.25) is 4.57 Å². The van der Waals surface area contributed by atoms with Gasteiger partial charge in [-0.2, -0.15) is 0 Å². The zero-order valence-electron chi connectivity index (χ0n) is 10.1. The molecule has 1 N–H and O–H groups in total. The van der Waals surface area contributed by atoms with Crippen molar-refractivity contribution in [1.82, 2.24) is 9.55 Å². The third-order valence-corrected chi connectivity index (χ3v) is 3.97. The molecule has 0 spiro atoms. The summed E-state index contributed by atoms with van der Waals surface area (Å²) in [4.78, 5) is 15.0. The van der Waals surface area contributed by atoms with Crippen LogP contribution in [0.15, 0.2) is 29.1 Å². The Labute approximate surface area is 100 Å². The molecule has 0 atom stereocenters. The first kappa shape index (κ1) is 10.6. The minimum absolute atomic E-state index is 0.0470. The van der Waals surface area contributed by atoms with Gasteiger partial charge in [-0.15, -0.1) is 0 Å². The van der Waals surface area contributed by atoms with E-state index in [1.165, 1.54) is 12.8 Å². The molecule has 3 rings (SSSR count). The molecule has 0 unspecified atom stereocenters. The van der Waals surface area contributed by atoms with Gasteiger partial charge in [0.15, 0.2) is 0 Å². The van der Waals surface area contributed by atoms with E-state index in [1.54, 1.807) is 0 Å². The van der Waals surface area contributed by atoms with Crippen molar-refractivity contribution in [2.24, 2.45) is 5.92 Å². The predicted octanol–water partition coefficient (Wildman–Crippen LogP) is 3.08. The van der Waals surface area contributed by atoms with Crippen LogP contribution in [-0.2, 0) is 0 Å². The Bertz CT molecular complexity index is 573. The number of benzene rings is 1. The van der Waals surface area contributed by atoms with Crippen LogP contribution in [0.25, 0.3) is 11.0 Å². The SMILES string of the molecule is CC1CCC(n2c(=O)[nH]c3ccccc32)CC1. The average molecular weight is 230 g/mol. The Morgan fingerprint density at radius 1 is 1.18 bits per heavy atom. The number of aromatic amines is 1. The van der Waals surface area contributed by atoms with Crippen LogP contribution >= 0.6 is 0 Å². The Kier molecular flexibility index (Phi) is 2.54. The lowest BCUT2D eigenvalue weighted by Gasteiger charge is -2.27. The molecule has 3 nitrogen and oxygen atoms in total. The normalized spacial score (nSPS) is 25.2. The first-order valence-corrected chi connectivity index (χ1v) is 6.45. The summed E-state index contributed by atoms with van der Waals surface area (Å²) < 4.78 is 1.96. The van der Waals surface area contributed by atoms with Crippen molar-refractivity contribution in [3.05, 3.63) is 34.7 Å². The first-order valence-electron chi connectivity index (χ1n) is 6.45. The van der Waals surface area contributed by atoms with Crippen LogP contribution < -0.4 is 5.69 Å². The third-order valence-electron chi connectivity index (χ3n) is 3.97. The van der Waals surface area contributed by atoms with E-state index in [0.29, 0.717) is 6.04 Å². The summed E-state index contributed by atoms with van der Waals surface area (Å²) in [7, 11) is 0. The van der Waals surface area contributed by atoms with Crippen LogP contribution in [0.1, 0.15) is 38.6 Å². The van der Waals surface area contributed by atoms with E-state index in [9.17, 15) is 4.79 Å². The number of imidazole rings is 1. The summed E-state index contributed by atoms with van der Waals surface area (Å²) in [6.07, 6.45) is 4.72.